The fraction of sp³-hybridized carbons (Fsp3) is 0.278. The van der Waals surface area contributed by atoms with Gasteiger partial charge in [-0.25, -0.2) is 4.39 Å². The van der Waals surface area contributed by atoms with E-state index >= 15 is 0 Å². The summed E-state index contributed by atoms with van der Waals surface area (Å²) in [4.78, 5) is 2.04. The number of thiocarbonyl (C=S) groups is 1. The van der Waals surface area contributed by atoms with Gasteiger partial charge in [0, 0.05) is 29.9 Å². The normalized spacial score (nSPS) is 13.5. The van der Waals surface area contributed by atoms with E-state index in [9.17, 15) is 4.39 Å². The molecule has 3 nitrogen and oxygen atoms in total. The molecule has 0 heterocycles. The highest BCUT2D eigenvalue weighted by molar-refractivity contribution is 7.80. The van der Waals surface area contributed by atoms with Crippen LogP contribution >= 0.6 is 23.8 Å². The predicted octanol–water partition coefficient (Wildman–Crippen LogP) is 4.85. The molecule has 126 valence electrons. The van der Waals surface area contributed by atoms with Crippen LogP contribution in [-0.2, 0) is 6.54 Å². The number of rotatable bonds is 5. The Balaban J connectivity index is 1.74. The maximum Gasteiger partial charge on any atom is 0.173 e. The van der Waals surface area contributed by atoms with Gasteiger partial charge in [-0.05, 0) is 43.3 Å². The van der Waals surface area contributed by atoms with Crippen LogP contribution in [-0.4, -0.2) is 23.2 Å². The van der Waals surface area contributed by atoms with Gasteiger partial charge in [-0.15, -0.1) is 0 Å². The van der Waals surface area contributed by atoms with Crippen molar-refractivity contribution in [2.45, 2.75) is 25.4 Å². The molecular weight excluding hydrogens is 347 g/mol. The molecule has 0 amide bonds. The fourth-order valence-corrected chi connectivity index (χ4v) is 3.02. The molecule has 0 unspecified atom stereocenters. The lowest BCUT2D eigenvalue weighted by molar-refractivity contribution is 0.399. The number of nitrogens with one attached hydrogen (secondary N) is 1. The molecule has 2 aromatic rings. The summed E-state index contributed by atoms with van der Waals surface area (Å²) in [7, 11) is 1.57. The van der Waals surface area contributed by atoms with Crippen LogP contribution in [0.1, 0.15) is 18.4 Å². The Morgan fingerprint density at radius 2 is 2.08 bits per heavy atom. The van der Waals surface area contributed by atoms with Crippen molar-refractivity contribution in [3.63, 3.8) is 0 Å². The molecule has 0 aliphatic heterocycles. The van der Waals surface area contributed by atoms with Crippen molar-refractivity contribution in [1.29, 1.82) is 0 Å². The lowest BCUT2D eigenvalue weighted by Gasteiger charge is -2.26. The van der Waals surface area contributed by atoms with Crippen LogP contribution in [0.15, 0.2) is 42.5 Å². The Morgan fingerprint density at radius 1 is 1.33 bits per heavy atom. The third kappa shape index (κ3) is 3.97. The first-order valence-electron chi connectivity index (χ1n) is 7.73. The summed E-state index contributed by atoms with van der Waals surface area (Å²) >= 11 is 11.6. The minimum absolute atomic E-state index is 0.209. The number of halogens is 2. The zero-order valence-corrected chi connectivity index (χ0v) is 14.8. The number of hydrogen-bond acceptors (Lipinski definition) is 2. The highest BCUT2D eigenvalue weighted by atomic mass is 35.5. The third-order valence-corrected chi connectivity index (χ3v) is 4.60. The van der Waals surface area contributed by atoms with Gasteiger partial charge >= 0.3 is 0 Å². The Hall–Kier alpha value is -1.85. The standard InChI is InChI=1S/C18H18ClFN2OS/c1-23-17-10-13(6-9-15(17)19)21-18(24)22(14-7-8-14)11-12-4-2-3-5-16(12)20/h2-6,9-10,14H,7-8,11H2,1H3,(H,21,24). The van der Waals surface area contributed by atoms with Gasteiger partial charge in [-0.2, -0.15) is 0 Å². The molecule has 1 aliphatic carbocycles. The van der Waals surface area contributed by atoms with Gasteiger partial charge in [-0.3, -0.25) is 0 Å². The predicted molar refractivity (Wildman–Crippen MR) is 99.2 cm³/mol. The van der Waals surface area contributed by atoms with E-state index in [1.54, 1.807) is 31.4 Å². The summed E-state index contributed by atoms with van der Waals surface area (Å²) in [5, 5.41) is 4.32. The van der Waals surface area contributed by atoms with E-state index in [0.29, 0.717) is 34.0 Å². The van der Waals surface area contributed by atoms with Gasteiger partial charge in [0.05, 0.1) is 12.1 Å². The van der Waals surface area contributed by atoms with E-state index in [4.69, 9.17) is 28.6 Å². The van der Waals surface area contributed by atoms with E-state index in [2.05, 4.69) is 5.32 Å². The summed E-state index contributed by atoms with van der Waals surface area (Å²) in [5.41, 5.74) is 1.43. The molecule has 0 bridgehead atoms. The zero-order valence-electron chi connectivity index (χ0n) is 13.3. The van der Waals surface area contributed by atoms with Crippen LogP contribution in [0.5, 0.6) is 5.75 Å². The average Bonchev–Trinajstić information content (AvgIpc) is 3.40. The first-order valence-corrected chi connectivity index (χ1v) is 8.51. The molecule has 0 aromatic heterocycles. The summed E-state index contributed by atoms with van der Waals surface area (Å²) in [6, 6.07) is 12.5. The minimum Gasteiger partial charge on any atom is -0.495 e. The van der Waals surface area contributed by atoms with Gasteiger partial charge in [0.2, 0.25) is 0 Å². The second kappa shape index (κ2) is 7.36. The Labute approximate surface area is 151 Å². The first kappa shape index (κ1) is 17.0. The van der Waals surface area contributed by atoms with E-state index in [1.807, 2.05) is 17.0 Å². The van der Waals surface area contributed by atoms with Crippen molar-refractivity contribution in [2.75, 3.05) is 12.4 Å². The molecule has 1 fully saturated rings. The zero-order chi connectivity index (χ0) is 17.1. The van der Waals surface area contributed by atoms with Crippen molar-refractivity contribution in [1.82, 2.24) is 4.90 Å². The Morgan fingerprint density at radius 3 is 2.75 bits per heavy atom. The second-order valence-electron chi connectivity index (χ2n) is 5.73. The van der Waals surface area contributed by atoms with Crippen molar-refractivity contribution >= 4 is 34.6 Å². The number of hydrogen-bond donors (Lipinski definition) is 1. The summed E-state index contributed by atoms with van der Waals surface area (Å²) in [6.45, 7) is 0.452. The van der Waals surface area contributed by atoms with E-state index < -0.39 is 0 Å². The summed E-state index contributed by atoms with van der Waals surface area (Å²) in [6.07, 6.45) is 2.14. The number of anilines is 1. The highest BCUT2D eigenvalue weighted by Crippen LogP contribution is 2.31. The molecule has 0 radical (unpaired) electrons. The molecule has 3 rings (SSSR count). The van der Waals surface area contributed by atoms with Gasteiger partial charge in [-0.1, -0.05) is 29.8 Å². The molecule has 24 heavy (non-hydrogen) atoms. The Kier molecular flexibility index (Phi) is 5.21. The average molecular weight is 365 g/mol. The van der Waals surface area contributed by atoms with Crippen LogP contribution in [0.2, 0.25) is 5.02 Å². The largest absolute Gasteiger partial charge is 0.495 e. The molecule has 0 atom stereocenters. The number of methoxy groups -OCH3 is 1. The molecular formula is C18H18ClFN2OS. The highest BCUT2D eigenvalue weighted by Gasteiger charge is 2.31. The lowest BCUT2D eigenvalue weighted by Crippen LogP contribution is -2.36. The van der Waals surface area contributed by atoms with Crippen LogP contribution in [0.4, 0.5) is 10.1 Å². The molecule has 1 aliphatic rings. The van der Waals surface area contributed by atoms with E-state index in [1.165, 1.54) is 6.07 Å². The van der Waals surface area contributed by atoms with Crippen LogP contribution in [0.3, 0.4) is 0 Å². The van der Waals surface area contributed by atoms with Crippen molar-refractivity contribution in [3.8, 4) is 5.75 Å². The molecule has 1 saturated carbocycles. The molecule has 0 spiro atoms. The van der Waals surface area contributed by atoms with Gasteiger partial charge in [0.1, 0.15) is 11.6 Å². The van der Waals surface area contributed by atoms with Gasteiger partial charge in [0.25, 0.3) is 0 Å². The molecule has 1 N–H and O–H groups in total. The van der Waals surface area contributed by atoms with Crippen LogP contribution < -0.4 is 10.1 Å². The summed E-state index contributed by atoms with van der Waals surface area (Å²) in [5.74, 6) is 0.371. The summed E-state index contributed by atoms with van der Waals surface area (Å²) < 4.78 is 19.2. The number of benzene rings is 2. The van der Waals surface area contributed by atoms with Crippen molar-refractivity contribution in [3.05, 3.63) is 58.9 Å². The fourth-order valence-electron chi connectivity index (χ4n) is 2.50. The second-order valence-corrected chi connectivity index (χ2v) is 6.52. The first-order chi connectivity index (χ1) is 11.6. The molecule has 2 aromatic carbocycles. The van der Waals surface area contributed by atoms with Crippen molar-refractivity contribution < 1.29 is 9.13 Å². The molecule has 0 saturated heterocycles. The van der Waals surface area contributed by atoms with Crippen LogP contribution in [0, 0.1) is 5.82 Å². The Bertz CT molecular complexity index is 752. The van der Waals surface area contributed by atoms with Gasteiger partial charge < -0.3 is 15.0 Å². The quantitative estimate of drug-likeness (QED) is 0.766. The van der Waals surface area contributed by atoms with Crippen molar-refractivity contribution in [2.24, 2.45) is 0 Å². The lowest BCUT2D eigenvalue weighted by atomic mass is 10.2. The van der Waals surface area contributed by atoms with E-state index in [-0.39, 0.29) is 5.82 Å². The smallest absolute Gasteiger partial charge is 0.173 e. The SMILES string of the molecule is COc1cc(NC(=S)N(Cc2ccccc2F)C2CC2)ccc1Cl. The maximum atomic E-state index is 13.9. The molecule has 6 heteroatoms. The minimum atomic E-state index is -0.209. The number of nitrogens with zero attached hydrogens (tertiary/aromatic N) is 1. The topological polar surface area (TPSA) is 24.5 Å². The third-order valence-electron chi connectivity index (χ3n) is 3.95. The van der Waals surface area contributed by atoms with E-state index in [0.717, 1.165) is 18.5 Å². The monoisotopic (exact) mass is 364 g/mol. The van der Waals surface area contributed by atoms with Crippen LogP contribution in [0.25, 0.3) is 0 Å². The maximum absolute atomic E-state index is 13.9. The van der Waals surface area contributed by atoms with Gasteiger partial charge in [0.15, 0.2) is 5.11 Å². The number of ether oxygens (including phenoxy) is 1.